The van der Waals surface area contributed by atoms with Gasteiger partial charge in [0.1, 0.15) is 0 Å². The van der Waals surface area contributed by atoms with Crippen molar-refractivity contribution in [2.24, 2.45) is 5.10 Å². The maximum atomic E-state index is 11.6. The van der Waals surface area contributed by atoms with E-state index in [-0.39, 0.29) is 11.7 Å². The molecule has 0 aliphatic heterocycles. The van der Waals surface area contributed by atoms with Crippen molar-refractivity contribution in [3.8, 4) is 11.5 Å². The Morgan fingerprint density at radius 2 is 2.15 bits per heavy atom. The number of rotatable bonds is 7. The fraction of sp³-hybridized carbons (Fsp3) is 0.429. The summed E-state index contributed by atoms with van der Waals surface area (Å²) < 4.78 is 4.99. The fourth-order valence-corrected chi connectivity index (χ4v) is 1.67. The summed E-state index contributed by atoms with van der Waals surface area (Å²) >= 11 is 0. The standard InChI is InChI=1S/C14H21N3O3/c1-4-17(5-2)10-13(18)16-15-9-11-7-6-8-12(20-3)14(11)19/h6-9,19H,4-5,10H2,1-3H3,(H,16,18)/b15-9+. The van der Waals surface area contributed by atoms with Crippen LogP contribution in [0.1, 0.15) is 19.4 Å². The number of hydrogen-bond donors (Lipinski definition) is 2. The number of hydrazone groups is 1. The molecule has 0 aliphatic carbocycles. The molecule has 0 atom stereocenters. The van der Waals surface area contributed by atoms with E-state index in [1.165, 1.54) is 13.3 Å². The lowest BCUT2D eigenvalue weighted by Crippen LogP contribution is -2.35. The minimum absolute atomic E-state index is 0.00302. The van der Waals surface area contributed by atoms with Gasteiger partial charge in [-0.15, -0.1) is 0 Å². The number of methoxy groups -OCH3 is 1. The van der Waals surface area contributed by atoms with Gasteiger partial charge in [0.05, 0.1) is 19.9 Å². The SMILES string of the molecule is CCN(CC)CC(=O)N/N=C/c1cccc(OC)c1O. The van der Waals surface area contributed by atoms with Gasteiger partial charge in [-0.2, -0.15) is 5.10 Å². The number of para-hydroxylation sites is 1. The van der Waals surface area contributed by atoms with Gasteiger partial charge in [0.2, 0.25) is 0 Å². The maximum Gasteiger partial charge on any atom is 0.254 e. The molecule has 0 saturated heterocycles. The van der Waals surface area contributed by atoms with Gasteiger partial charge >= 0.3 is 0 Å². The smallest absolute Gasteiger partial charge is 0.254 e. The molecule has 1 aromatic carbocycles. The van der Waals surface area contributed by atoms with Crippen molar-refractivity contribution >= 4 is 12.1 Å². The summed E-state index contributed by atoms with van der Waals surface area (Å²) in [6, 6.07) is 5.06. The molecule has 0 bridgehead atoms. The molecular formula is C14H21N3O3. The summed E-state index contributed by atoms with van der Waals surface area (Å²) in [5.74, 6) is 0.174. The van der Waals surface area contributed by atoms with Crippen LogP contribution in [0.2, 0.25) is 0 Å². The van der Waals surface area contributed by atoms with Gasteiger partial charge < -0.3 is 9.84 Å². The number of carbonyl (C=O) groups is 1. The quantitative estimate of drug-likeness (QED) is 0.581. The minimum atomic E-state index is -0.188. The monoisotopic (exact) mass is 279 g/mol. The van der Waals surface area contributed by atoms with E-state index in [9.17, 15) is 9.90 Å². The first-order valence-electron chi connectivity index (χ1n) is 6.52. The number of nitrogens with zero attached hydrogens (tertiary/aromatic N) is 2. The minimum Gasteiger partial charge on any atom is -0.504 e. The average Bonchev–Trinajstić information content (AvgIpc) is 2.46. The number of benzene rings is 1. The van der Waals surface area contributed by atoms with Crippen LogP contribution in [0, 0.1) is 0 Å². The van der Waals surface area contributed by atoms with Gasteiger partial charge in [-0.3, -0.25) is 9.69 Å². The van der Waals surface area contributed by atoms with Crippen molar-refractivity contribution < 1.29 is 14.6 Å². The molecule has 6 nitrogen and oxygen atoms in total. The molecule has 0 unspecified atom stereocenters. The predicted molar refractivity (Wildman–Crippen MR) is 78.2 cm³/mol. The first kappa shape index (κ1) is 16.0. The summed E-state index contributed by atoms with van der Waals surface area (Å²) in [6.07, 6.45) is 1.39. The van der Waals surface area contributed by atoms with Gasteiger partial charge in [-0.1, -0.05) is 19.9 Å². The highest BCUT2D eigenvalue weighted by Crippen LogP contribution is 2.27. The van der Waals surface area contributed by atoms with Gasteiger partial charge in [0, 0.05) is 5.56 Å². The van der Waals surface area contributed by atoms with E-state index in [1.807, 2.05) is 18.7 Å². The first-order chi connectivity index (χ1) is 9.62. The van der Waals surface area contributed by atoms with Crippen LogP contribution in [0.4, 0.5) is 0 Å². The van der Waals surface area contributed by atoms with Crippen LogP contribution in [0.3, 0.4) is 0 Å². The topological polar surface area (TPSA) is 74.2 Å². The number of nitrogens with one attached hydrogen (secondary N) is 1. The third-order valence-electron chi connectivity index (χ3n) is 2.90. The lowest BCUT2D eigenvalue weighted by atomic mass is 10.2. The van der Waals surface area contributed by atoms with E-state index in [4.69, 9.17) is 4.74 Å². The molecule has 2 N–H and O–H groups in total. The molecule has 0 saturated carbocycles. The highest BCUT2D eigenvalue weighted by Gasteiger charge is 2.07. The second-order valence-corrected chi connectivity index (χ2v) is 4.15. The van der Waals surface area contributed by atoms with E-state index >= 15 is 0 Å². The second kappa shape index (κ2) is 8.16. The van der Waals surface area contributed by atoms with Crippen molar-refractivity contribution in [3.05, 3.63) is 23.8 Å². The molecular weight excluding hydrogens is 258 g/mol. The van der Waals surface area contributed by atoms with Crippen LogP contribution in [0.5, 0.6) is 11.5 Å². The number of aromatic hydroxyl groups is 1. The van der Waals surface area contributed by atoms with Crippen LogP contribution < -0.4 is 10.2 Å². The van der Waals surface area contributed by atoms with Gasteiger partial charge in [0.15, 0.2) is 11.5 Å². The Bertz CT molecular complexity index is 471. The molecule has 0 radical (unpaired) electrons. The van der Waals surface area contributed by atoms with E-state index in [1.54, 1.807) is 18.2 Å². The molecule has 1 rings (SSSR count). The maximum absolute atomic E-state index is 11.6. The van der Waals surface area contributed by atoms with Gasteiger partial charge in [-0.05, 0) is 25.2 Å². The van der Waals surface area contributed by atoms with Crippen molar-refractivity contribution in [1.82, 2.24) is 10.3 Å². The van der Waals surface area contributed by atoms with Crippen molar-refractivity contribution in [2.45, 2.75) is 13.8 Å². The molecule has 20 heavy (non-hydrogen) atoms. The number of phenolic OH excluding ortho intramolecular Hbond substituents is 1. The van der Waals surface area contributed by atoms with Crippen LogP contribution >= 0.6 is 0 Å². The summed E-state index contributed by atoms with van der Waals surface area (Å²) in [5, 5.41) is 13.7. The Morgan fingerprint density at radius 3 is 2.75 bits per heavy atom. The van der Waals surface area contributed by atoms with Crippen molar-refractivity contribution in [2.75, 3.05) is 26.7 Å². The number of phenols is 1. The third-order valence-corrected chi connectivity index (χ3v) is 2.90. The molecule has 0 aliphatic rings. The zero-order chi connectivity index (χ0) is 15.0. The molecule has 0 fully saturated rings. The van der Waals surface area contributed by atoms with Crippen LogP contribution in [-0.4, -0.2) is 48.9 Å². The summed E-state index contributed by atoms with van der Waals surface area (Å²) in [4.78, 5) is 13.6. The summed E-state index contributed by atoms with van der Waals surface area (Å²) in [6.45, 7) is 5.91. The number of ether oxygens (including phenoxy) is 1. The highest BCUT2D eigenvalue weighted by molar-refractivity contribution is 5.86. The van der Waals surface area contributed by atoms with Crippen molar-refractivity contribution in [3.63, 3.8) is 0 Å². The van der Waals surface area contributed by atoms with Crippen LogP contribution in [0.25, 0.3) is 0 Å². The van der Waals surface area contributed by atoms with Crippen LogP contribution in [0.15, 0.2) is 23.3 Å². The fourth-order valence-electron chi connectivity index (χ4n) is 1.67. The van der Waals surface area contributed by atoms with Crippen LogP contribution in [-0.2, 0) is 4.79 Å². The van der Waals surface area contributed by atoms with Gasteiger partial charge in [-0.25, -0.2) is 5.43 Å². The second-order valence-electron chi connectivity index (χ2n) is 4.15. The van der Waals surface area contributed by atoms with E-state index in [2.05, 4.69) is 10.5 Å². The molecule has 6 heteroatoms. The third kappa shape index (κ3) is 4.55. The lowest BCUT2D eigenvalue weighted by molar-refractivity contribution is -0.122. The Hall–Kier alpha value is -2.08. The number of hydrogen-bond acceptors (Lipinski definition) is 5. The Kier molecular flexibility index (Phi) is 6.52. The average molecular weight is 279 g/mol. The molecule has 0 spiro atoms. The Balaban J connectivity index is 2.59. The normalized spacial score (nSPS) is 11.0. The van der Waals surface area contributed by atoms with E-state index < -0.39 is 0 Å². The zero-order valence-corrected chi connectivity index (χ0v) is 12.1. The van der Waals surface area contributed by atoms with E-state index in [0.29, 0.717) is 17.9 Å². The Labute approximate surface area is 119 Å². The number of likely N-dealkylation sites (N-methyl/N-ethyl adjacent to an activating group) is 1. The largest absolute Gasteiger partial charge is 0.504 e. The predicted octanol–water partition coefficient (Wildman–Crippen LogP) is 1.19. The summed E-state index contributed by atoms with van der Waals surface area (Å²) in [7, 11) is 1.47. The molecule has 110 valence electrons. The van der Waals surface area contributed by atoms with Crippen molar-refractivity contribution in [1.29, 1.82) is 0 Å². The Morgan fingerprint density at radius 1 is 1.45 bits per heavy atom. The molecule has 1 amide bonds. The number of carbonyl (C=O) groups excluding carboxylic acids is 1. The zero-order valence-electron chi connectivity index (χ0n) is 12.1. The first-order valence-corrected chi connectivity index (χ1v) is 6.52. The molecule has 0 aromatic heterocycles. The van der Waals surface area contributed by atoms with E-state index in [0.717, 1.165) is 13.1 Å². The molecule has 0 heterocycles. The summed E-state index contributed by atoms with van der Waals surface area (Å²) in [5.41, 5.74) is 2.91. The highest BCUT2D eigenvalue weighted by atomic mass is 16.5. The molecule has 1 aromatic rings. The lowest BCUT2D eigenvalue weighted by Gasteiger charge is -2.15. The number of amides is 1. The van der Waals surface area contributed by atoms with Gasteiger partial charge in [0.25, 0.3) is 5.91 Å².